The number of hydrogen-bond donors (Lipinski definition) is 5. The molecule has 31 heteroatoms. The largest absolute Gasteiger partial charge is 0.390 e. The molecule has 0 aliphatic heterocycles. The fraction of sp³-hybridized carbons (Fsp3) is 0.547. The summed E-state index contributed by atoms with van der Waals surface area (Å²) in [6.07, 6.45) is 7.16. The van der Waals surface area contributed by atoms with Gasteiger partial charge in [-0.2, -0.15) is 26.3 Å². The van der Waals surface area contributed by atoms with Crippen LogP contribution in [0.4, 0.5) is 35.1 Å². The molecule has 5 N–H and O–H groups in total. The van der Waals surface area contributed by atoms with Crippen LogP contribution in [-0.2, 0) is 29.9 Å². The molecule has 3 aliphatic carbocycles. The van der Waals surface area contributed by atoms with E-state index in [1.54, 1.807) is 43.4 Å². The number of nitrogens with zero attached hydrogens (tertiary/aromatic N) is 9. The Morgan fingerprint density at radius 2 is 0.845 bits per heavy atom. The third-order valence-electron chi connectivity index (χ3n) is 16.4. The van der Waals surface area contributed by atoms with Crippen molar-refractivity contribution in [3.8, 4) is 0 Å². The molecule has 84 heavy (non-hydrogen) atoms. The highest BCUT2D eigenvalue weighted by molar-refractivity contribution is 7.91. The molecule has 9 aromatic rings. The number of aromatic amines is 3. The number of fused-ring (bicyclic) bond motifs is 9. The average Bonchev–Trinajstić information content (AvgIpc) is 2.03. The van der Waals surface area contributed by atoms with Crippen LogP contribution >= 0.6 is 0 Å². The van der Waals surface area contributed by atoms with Crippen molar-refractivity contribution >= 4 is 80.3 Å². The molecule has 9 aromatic heterocycles. The number of halogens is 8. The molecule has 3 fully saturated rings. The van der Waals surface area contributed by atoms with Crippen LogP contribution in [0, 0.1) is 23.7 Å². The Morgan fingerprint density at radius 1 is 0.488 bits per heavy atom. The van der Waals surface area contributed by atoms with E-state index in [2.05, 4.69) is 65.6 Å². The molecule has 9 atom stereocenters. The molecule has 0 bridgehead atoms. The van der Waals surface area contributed by atoms with Crippen molar-refractivity contribution in [2.75, 3.05) is 23.0 Å². The van der Waals surface area contributed by atoms with Crippen molar-refractivity contribution in [3.05, 3.63) is 91.1 Å². The number of nitrogens with one attached hydrogen (secondary N) is 5. The lowest BCUT2D eigenvalue weighted by Crippen LogP contribution is -2.36. The minimum Gasteiger partial charge on any atom is -0.345 e. The minimum atomic E-state index is -4.49. The highest BCUT2D eigenvalue weighted by atomic mass is 32.2. The second-order valence-electron chi connectivity index (χ2n) is 23.0. The van der Waals surface area contributed by atoms with Gasteiger partial charge in [-0.05, 0) is 87.3 Å². The molecule has 0 spiro atoms. The SMILES string of the molecule is C[C@@H]1C[C@H](CS(=O)(=O)CCC(C)(F)F)C[C@@H]1c1cnc2cnc3[nH]ccc3n12.C[C@@H]1C[C@H](NS(=O)(=O)CCC(F)(F)F)C[C@H]1c1cnc2cnc3[nH]ccc3n12.C[C@H]1C[C@@H](NS(=O)(=O)CCC(F)(F)F)C[C@@H]1c1cnc2cnc3[nH]ccc3n12. The summed E-state index contributed by atoms with van der Waals surface area (Å²) in [5.74, 6) is -4.53. The molecular formula is C53H64F8N14O6S3. The van der Waals surface area contributed by atoms with Gasteiger partial charge >= 0.3 is 12.4 Å². The van der Waals surface area contributed by atoms with Crippen LogP contribution in [0.15, 0.2) is 74.0 Å². The predicted molar refractivity (Wildman–Crippen MR) is 298 cm³/mol. The van der Waals surface area contributed by atoms with Crippen LogP contribution in [0.5, 0.6) is 0 Å². The Kier molecular flexibility index (Phi) is 16.8. The number of hydrogen-bond acceptors (Lipinski definition) is 12. The zero-order valence-corrected chi connectivity index (χ0v) is 48.5. The van der Waals surface area contributed by atoms with E-state index in [1.165, 1.54) is 0 Å². The van der Waals surface area contributed by atoms with Crippen LogP contribution in [0.25, 0.3) is 50.4 Å². The van der Waals surface area contributed by atoms with Crippen LogP contribution in [-0.4, -0.2) is 137 Å². The molecule has 0 radical (unpaired) electrons. The zero-order valence-electron chi connectivity index (χ0n) is 46.0. The van der Waals surface area contributed by atoms with Crippen LogP contribution in [0.3, 0.4) is 0 Å². The lowest BCUT2D eigenvalue weighted by Gasteiger charge is -2.15. The first-order valence-corrected chi connectivity index (χ1v) is 32.6. The number of sulfonamides is 2. The Labute approximate surface area is 477 Å². The molecule has 12 rings (SSSR count). The van der Waals surface area contributed by atoms with Crippen LogP contribution < -0.4 is 9.44 Å². The van der Waals surface area contributed by atoms with E-state index in [-0.39, 0.29) is 47.2 Å². The van der Waals surface area contributed by atoms with Crippen molar-refractivity contribution in [2.24, 2.45) is 23.7 Å². The molecule has 20 nitrogen and oxygen atoms in total. The van der Waals surface area contributed by atoms with Crippen molar-refractivity contribution in [1.82, 2.24) is 67.5 Å². The summed E-state index contributed by atoms with van der Waals surface area (Å²) in [7, 11) is -11.5. The van der Waals surface area contributed by atoms with E-state index in [4.69, 9.17) is 0 Å². The van der Waals surface area contributed by atoms with Crippen LogP contribution in [0.1, 0.15) is 120 Å². The van der Waals surface area contributed by atoms with Gasteiger partial charge in [0.25, 0.3) is 0 Å². The normalized spacial score (nSPS) is 23.8. The first-order valence-electron chi connectivity index (χ1n) is 27.5. The lowest BCUT2D eigenvalue weighted by molar-refractivity contribution is -0.130. The monoisotopic (exact) mass is 1240 g/mol. The number of alkyl halides is 8. The molecular weight excluding hydrogens is 1180 g/mol. The van der Waals surface area contributed by atoms with Crippen molar-refractivity contribution in [3.63, 3.8) is 0 Å². The smallest absolute Gasteiger partial charge is 0.345 e. The van der Waals surface area contributed by atoms with E-state index in [1.807, 2.05) is 53.2 Å². The third kappa shape index (κ3) is 14.0. The summed E-state index contributed by atoms with van der Waals surface area (Å²) in [5, 5.41) is 0. The van der Waals surface area contributed by atoms with Crippen molar-refractivity contribution in [1.29, 1.82) is 0 Å². The van der Waals surface area contributed by atoms with Gasteiger partial charge in [-0.3, -0.25) is 13.2 Å². The molecule has 0 saturated heterocycles. The number of sulfone groups is 1. The standard InChI is InChI=1S/C19H24F2N4O2S.2C17H20F3N5O2S/c1-12-7-13(11-28(26,27)6-4-19(2,20)21)8-14(12)16-9-23-17-10-24-18-15(25(16)17)3-5-22-18;2*1-10-6-11(24-28(26,27)5-3-17(18,19)20)7-12(10)14-8-22-15-9-23-16-13(25(14)15)2-4-21-16/h3,5,9-10,12-14,22H,4,6-8,11H2,1-2H3;2*2,4,8-12,21,24H,3,5-7H2,1H3/t12-,13+,14+;2*10-,11+,12-/m110/s1. The summed E-state index contributed by atoms with van der Waals surface area (Å²) < 4.78 is 184. The Bertz CT molecular complexity index is 3730. The summed E-state index contributed by atoms with van der Waals surface area (Å²) in [6, 6.07) is 4.96. The third-order valence-corrected chi connectivity index (χ3v) is 21.1. The molecule has 0 aromatic carbocycles. The van der Waals surface area contributed by atoms with Gasteiger partial charge in [-0.15, -0.1) is 0 Å². The quantitative estimate of drug-likeness (QED) is 0.0566. The number of aromatic nitrogens is 12. The molecule has 0 unspecified atom stereocenters. The van der Waals surface area contributed by atoms with Crippen LogP contribution in [0.2, 0.25) is 0 Å². The molecule has 3 aliphatic rings. The van der Waals surface area contributed by atoms with Gasteiger partial charge in [0.15, 0.2) is 43.7 Å². The number of imidazole rings is 3. The van der Waals surface area contributed by atoms with E-state index in [9.17, 15) is 60.4 Å². The maximum Gasteiger partial charge on any atom is 0.390 e. The van der Waals surface area contributed by atoms with E-state index < -0.39 is 96.8 Å². The molecule has 0 amide bonds. The van der Waals surface area contributed by atoms with Gasteiger partial charge < -0.3 is 15.0 Å². The Morgan fingerprint density at radius 3 is 1.20 bits per heavy atom. The fourth-order valence-electron chi connectivity index (χ4n) is 12.6. The van der Waals surface area contributed by atoms with Gasteiger partial charge in [-0.1, -0.05) is 20.8 Å². The van der Waals surface area contributed by atoms with Gasteiger partial charge in [0, 0.05) is 90.5 Å². The molecule has 9 heterocycles. The second-order valence-corrected chi connectivity index (χ2v) is 29.0. The Hall–Kier alpha value is -6.31. The second kappa shape index (κ2) is 23.2. The van der Waals surface area contributed by atoms with Gasteiger partial charge in [0.2, 0.25) is 26.0 Å². The van der Waals surface area contributed by atoms with E-state index >= 15 is 0 Å². The average molecular weight is 1240 g/mol. The summed E-state index contributed by atoms with van der Waals surface area (Å²) in [6.45, 7) is 6.91. The highest BCUT2D eigenvalue weighted by Gasteiger charge is 2.41. The first kappa shape index (κ1) is 60.8. The molecule has 456 valence electrons. The maximum atomic E-state index is 13.0. The first-order chi connectivity index (χ1) is 39.4. The van der Waals surface area contributed by atoms with Gasteiger partial charge in [0.1, 0.15) is 0 Å². The molecule has 3 saturated carbocycles. The van der Waals surface area contributed by atoms with Gasteiger partial charge in [-0.25, -0.2) is 73.4 Å². The highest BCUT2D eigenvalue weighted by Crippen LogP contribution is 2.45. The summed E-state index contributed by atoms with van der Waals surface area (Å²) in [4.78, 5) is 35.5. The number of rotatable bonds is 16. The minimum absolute atomic E-state index is 0.0235. The summed E-state index contributed by atoms with van der Waals surface area (Å²) in [5.41, 5.74) is 10.0. The van der Waals surface area contributed by atoms with Gasteiger partial charge in [0.05, 0.1) is 71.0 Å². The lowest BCUT2D eigenvalue weighted by atomic mass is 9.95. The van der Waals surface area contributed by atoms with E-state index in [0.717, 1.165) is 69.6 Å². The maximum absolute atomic E-state index is 13.0. The number of H-pyrrole nitrogens is 3. The Balaban J connectivity index is 0.000000140. The topological polar surface area (TPSA) is 264 Å². The fourth-order valence-corrected chi connectivity index (χ4v) is 17.1. The van der Waals surface area contributed by atoms with E-state index in [0.29, 0.717) is 43.4 Å². The van der Waals surface area contributed by atoms with Crippen molar-refractivity contribution < 1.29 is 60.4 Å². The van der Waals surface area contributed by atoms with Crippen molar-refractivity contribution in [2.45, 2.75) is 134 Å². The predicted octanol–water partition coefficient (Wildman–Crippen LogP) is 9.73. The zero-order chi connectivity index (χ0) is 60.3. The summed E-state index contributed by atoms with van der Waals surface area (Å²) >= 11 is 0.